The first kappa shape index (κ1) is 22.0. The topological polar surface area (TPSA) is 127 Å². The average Bonchev–Trinajstić information content (AvgIpc) is 2.94. The molecule has 0 saturated heterocycles. The fourth-order valence-corrected chi connectivity index (χ4v) is 4.19. The first-order valence-electron chi connectivity index (χ1n) is 8.61. The predicted molar refractivity (Wildman–Crippen MR) is 111 cm³/mol. The molecule has 1 aromatic carbocycles. The third-order valence-electron chi connectivity index (χ3n) is 4.04. The molecule has 0 bridgehead atoms. The zero-order chi connectivity index (χ0) is 22.1. The summed E-state index contributed by atoms with van der Waals surface area (Å²) in [5.41, 5.74) is 0.353. The van der Waals surface area contributed by atoms with Crippen molar-refractivity contribution < 1.29 is 22.7 Å². The first-order valence-corrected chi connectivity index (χ1v) is 10.8. The highest BCUT2D eigenvalue weighted by molar-refractivity contribution is 7.90. The lowest BCUT2D eigenvalue weighted by Gasteiger charge is -2.15. The lowest BCUT2D eigenvalue weighted by Crippen LogP contribution is -2.34. The van der Waals surface area contributed by atoms with Crippen molar-refractivity contribution >= 4 is 56.8 Å². The molecule has 0 radical (unpaired) electrons. The molecule has 30 heavy (non-hydrogen) atoms. The Hall–Kier alpha value is -2.69. The highest BCUT2D eigenvalue weighted by Crippen LogP contribution is 2.24. The van der Waals surface area contributed by atoms with E-state index in [4.69, 9.17) is 27.9 Å². The van der Waals surface area contributed by atoms with Crippen LogP contribution in [0.5, 0.6) is 0 Å². The van der Waals surface area contributed by atoms with E-state index in [9.17, 15) is 18.0 Å². The van der Waals surface area contributed by atoms with E-state index < -0.39 is 34.0 Å². The number of halogens is 2. The van der Waals surface area contributed by atoms with E-state index in [-0.39, 0.29) is 21.6 Å². The molecule has 0 spiro atoms. The number of aromatic nitrogens is 1. The number of carbonyl (C=O) groups excluding carboxylic acids is 2. The normalized spacial score (nSPS) is 17.5. The van der Waals surface area contributed by atoms with Gasteiger partial charge in [0.2, 0.25) is 0 Å². The van der Waals surface area contributed by atoms with Crippen LogP contribution in [0.2, 0.25) is 10.0 Å². The number of amides is 1. The lowest BCUT2D eigenvalue weighted by atomic mass is 10.2. The van der Waals surface area contributed by atoms with Crippen molar-refractivity contribution in [2.24, 2.45) is 4.99 Å². The summed E-state index contributed by atoms with van der Waals surface area (Å²) in [6.07, 6.45) is 0.125. The highest BCUT2D eigenvalue weighted by atomic mass is 35.5. The monoisotopic (exact) mass is 470 g/mol. The number of aliphatic imine (C=N–C) groups is 1. The van der Waals surface area contributed by atoms with E-state index in [0.29, 0.717) is 10.6 Å². The zero-order valence-corrected chi connectivity index (χ0v) is 18.0. The van der Waals surface area contributed by atoms with Crippen LogP contribution < -0.4 is 10.0 Å². The van der Waals surface area contributed by atoms with Crippen LogP contribution in [0.4, 0.5) is 5.82 Å². The number of benzene rings is 1. The first-order chi connectivity index (χ1) is 14.1. The van der Waals surface area contributed by atoms with E-state index in [0.717, 1.165) is 0 Å². The zero-order valence-electron chi connectivity index (χ0n) is 15.7. The molecule has 1 aromatic heterocycles. The van der Waals surface area contributed by atoms with Crippen LogP contribution in [0.15, 0.2) is 46.4 Å². The summed E-state index contributed by atoms with van der Waals surface area (Å²) in [6, 6.07) is 6.58. The minimum absolute atomic E-state index is 0.0318. The molecule has 1 aliphatic heterocycles. The number of nitrogens with one attached hydrogen (secondary N) is 2. The summed E-state index contributed by atoms with van der Waals surface area (Å²) < 4.78 is 31.7. The number of hydrogen-bond acceptors (Lipinski definition) is 7. The molecular weight excluding hydrogens is 455 g/mol. The number of sulfonamides is 1. The largest absolute Gasteiger partial charge is 0.451 e. The van der Waals surface area contributed by atoms with Gasteiger partial charge in [-0.1, -0.05) is 35.3 Å². The van der Waals surface area contributed by atoms with Crippen molar-refractivity contribution in [1.82, 2.24) is 9.71 Å². The van der Waals surface area contributed by atoms with E-state index >= 15 is 0 Å². The minimum Gasteiger partial charge on any atom is -0.451 e. The van der Waals surface area contributed by atoms with Crippen LogP contribution in [0.25, 0.3) is 0 Å². The second kappa shape index (κ2) is 8.58. The number of ether oxygens (including phenoxy) is 1. The number of amidine groups is 1. The Labute approximate surface area is 182 Å². The maximum Gasteiger partial charge on any atom is 0.331 e. The minimum atomic E-state index is -3.73. The van der Waals surface area contributed by atoms with Gasteiger partial charge in [-0.2, -0.15) is 0 Å². The Morgan fingerprint density at radius 3 is 2.63 bits per heavy atom. The Morgan fingerprint density at radius 2 is 1.93 bits per heavy atom. The van der Waals surface area contributed by atoms with Gasteiger partial charge in [-0.3, -0.25) is 14.5 Å². The van der Waals surface area contributed by atoms with Gasteiger partial charge in [-0.25, -0.2) is 18.2 Å². The van der Waals surface area contributed by atoms with Gasteiger partial charge in [0.15, 0.2) is 11.9 Å². The number of anilines is 1. The Bertz CT molecular complexity index is 1150. The molecule has 2 N–H and O–H groups in total. The Balaban J connectivity index is 1.67. The van der Waals surface area contributed by atoms with Crippen LogP contribution in [0.1, 0.15) is 19.4 Å². The molecule has 2 aromatic rings. The third kappa shape index (κ3) is 4.72. The van der Waals surface area contributed by atoms with Crippen LogP contribution in [0.3, 0.4) is 0 Å². The summed E-state index contributed by atoms with van der Waals surface area (Å²) in [5, 5.41) is 2.86. The fraction of sp³-hybridized carbons (Fsp3) is 0.222. The quantitative estimate of drug-likeness (QED) is 0.645. The molecule has 0 aliphatic carbocycles. The van der Waals surface area contributed by atoms with Gasteiger partial charge in [-0.05, 0) is 32.0 Å². The Kier molecular flexibility index (Phi) is 6.30. The standard InChI is InChI=1S/C18H16Cl2N4O5S/c1-9(22-15-12-5-3-4-6-14(12)30(27,28)24-15)18(26)29-10(2)17(25)23-16-13(20)7-11(19)8-21-16/h3-10H,1-2H3,(H,22,24)(H,21,23,25)/t9-,10?/m0/s1. The van der Waals surface area contributed by atoms with Crippen molar-refractivity contribution in [3.8, 4) is 0 Å². The maximum absolute atomic E-state index is 12.3. The molecular formula is C18H16Cl2N4O5S. The number of carbonyl (C=O) groups is 2. The smallest absolute Gasteiger partial charge is 0.331 e. The maximum atomic E-state index is 12.3. The second-order valence-corrected chi connectivity index (χ2v) is 8.80. The SMILES string of the molecule is CC(OC(=O)[C@H](C)N=C1NS(=O)(=O)c2ccccc21)C(=O)Nc1ncc(Cl)cc1Cl. The third-order valence-corrected chi connectivity index (χ3v) is 5.93. The second-order valence-electron chi connectivity index (χ2n) is 6.31. The van der Waals surface area contributed by atoms with E-state index in [1.807, 2.05) is 0 Å². The molecule has 12 heteroatoms. The van der Waals surface area contributed by atoms with Gasteiger partial charge >= 0.3 is 5.97 Å². The van der Waals surface area contributed by atoms with Crippen LogP contribution in [-0.2, 0) is 24.3 Å². The molecule has 3 rings (SSSR count). The van der Waals surface area contributed by atoms with E-state index in [1.54, 1.807) is 18.2 Å². The number of pyridine rings is 1. The van der Waals surface area contributed by atoms with Crippen molar-refractivity contribution in [3.63, 3.8) is 0 Å². The summed E-state index contributed by atoms with van der Waals surface area (Å²) in [6.45, 7) is 2.79. The van der Waals surface area contributed by atoms with Gasteiger partial charge in [0, 0.05) is 11.8 Å². The molecule has 158 valence electrons. The average molecular weight is 471 g/mol. The number of hydrogen-bond donors (Lipinski definition) is 2. The summed E-state index contributed by atoms with van der Waals surface area (Å²) in [5.74, 6) is -1.38. The van der Waals surface area contributed by atoms with E-state index in [2.05, 4.69) is 20.0 Å². The van der Waals surface area contributed by atoms with Crippen molar-refractivity contribution in [2.75, 3.05) is 5.32 Å². The number of esters is 1. The summed E-state index contributed by atoms with van der Waals surface area (Å²) in [7, 11) is -3.73. The molecule has 1 aliphatic rings. The van der Waals surface area contributed by atoms with Gasteiger partial charge in [0.1, 0.15) is 11.9 Å². The number of fused-ring (bicyclic) bond motifs is 1. The van der Waals surface area contributed by atoms with E-state index in [1.165, 1.54) is 32.2 Å². The number of rotatable bonds is 5. The fourth-order valence-electron chi connectivity index (χ4n) is 2.53. The van der Waals surface area contributed by atoms with Crippen LogP contribution in [0, 0.1) is 0 Å². The van der Waals surface area contributed by atoms with Gasteiger partial charge in [0.25, 0.3) is 15.9 Å². The van der Waals surface area contributed by atoms with Gasteiger partial charge in [0.05, 0.1) is 14.9 Å². The summed E-state index contributed by atoms with van der Waals surface area (Å²) >= 11 is 11.7. The van der Waals surface area contributed by atoms with Crippen molar-refractivity contribution in [3.05, 3.63) is 52.1 Å². The molecule has 2 atom stereocenters. The molecule has 0 fully saturated rings. The van der Waals surface area contributed by atoms with Crippen LogP contribution >= 0.6 is 23.2 Å². The molecule has 9 nitrogen and oxygen atoms in total. The molecule has 1 amide bonds. The highest BCUT2D eigenvalue weighted by Gasteiger charge is 2.31. The molecule has 2 heterocycles. The lowest BCUT2D eigenvalue weighted by molar-refractivity contribution is -0.154. The molecule has 0 saturated carbocycles. The van der Waals surface area contributed by atoms with Crippen LogP contribution in [-0.4, -0.2) is 43.3 Å². The number of nitrogens with zero attached hydrogens (tertiary/aromatic N) is 2. The summed E-state index contributed by atoms with van der Waals surface area (Å²) in [4.78, 5) is 32.7. The predicted octanol–water partition coefficient (Wildman–Crippen LogP) is 2.39. The van der Waals surface area contributed by atoms with Crippen molar-refractivity contribution in [2.45, 2.75) is 30.9 Å². The van der Waals surface area contributed by atoms with Gasteiger partial charge < -0.3 is 10.1 Å². The van der Waals surface area contributed by atoms with Gasteiger partial charge in [-0.15, -0.1) is 0 Å². The molecule has 1 unspecified atom stereocenters. The van der Waals surface area contributed by atoms with Crippen molar-refractivity contribution in [1.29, 1.82) is 0 Å². The Morgan fingerprint density at radius 1 is 1.23 bits per heavy atom.